The summed E-state index contributed by atoms with van der Waals surface area (Å²) in [6, 6.07) is 18.5. The fraction of sp³-hybridized carbons (Fsp3) is 0.258. The lowest BCUT2D eigenvalue weighted by molar-refractivity contribution is -0.142. The van der Waals surface area contributed by atoms with E-state index in [1.807, 2.05) is 12.1 Å². The maximum atomic E-state index is 13.5. The lowest BCUT2D eigenvalue weighted by Crippen LogP contribution is -2.35. The van der Waals surface area contributed by atoms with Gasteiger partial charge >= 0.3 is 17.5 Å². The van der Waals surface area contributed by atoms with Crippen LogP contribution in [0.4, 0.5) is 33.7 Å². The van der Waals surface area contributed by atoms with Crippen LogP contribution in [-0.2, 0) is 11.3 Å². The number of thioether (sulfide) groups is 1. The van der Waals surface area contributed by atoms with Crippen molar-refractivity contribution in [3.8, 4) is 0 Å². The summed E-state index contributed by atoms with van der Waals surface area (Å²) in [6.45, 7) is -0.627. The molecule has 0 saturated heterocycles. The van der Waals surface area contributed by atoms with Gasteiger partial charge in [-0.3, -0.25) is 9.69 Å². The third-order valence-electron chi connectivity index (χ3n) is 6.67. The minimum absolute atomic E-state index is 0.0539. The van der Waals surface area contributed by atoms with Gasteiger partial charge in [-0.05, 0) is 96.6 Å². The van der Waals surface area contributed by atoms with Gasteiger partial charge in [-0.1, -0.05) is 36.4 Å². The fourth-order valence-electron chi connectivity index (χ4n) is 4.51. The molecule has 1 aliphatic rings. The largest absolute Gasteiger partial charge is 0.479 e. The summed E-state index contributed by atoms with van der Waals surface area (Å²) in [7, 11) is 0. The molecule has 12 heteroatoms. The van der Waals surface area contributed by atoms with Crippen molar-refractivity contribution >= 4 is 46.6 Å². The van der Waals surface area contributed by atoms with Gasteiger partial charge in [-0.25, -0.2) is 14.0 Å². The second-order valence-corrected chi connectivity index (χ2v) is 11.0. The first-order valence-electron chi connectivity index (χ1n) is 13.5. The molecule has 3 aromatic carbocycles. The van der Waals surface area contributed by atoms with Crippen LogP contribution in [0.1, 0.15) is 47.2 Å². The lowest BCUT2D eigenvalue weighted by atomic mass is 9.93. The van der Waals surface area contributed by atoms with Crippen molar-refractivity contribution in [2.24, 2.45) is 0 Å². The molecule has 0 aromatic heterocycles. The highest BCUT2D eigenvalue weighted by atomic mass is 32.2. The van der Waals surface area contributed by atoms with Crippen LogP contribution in [0.2, 0.25) is 0 Å². The van der Waals surface area contributed by atoms with E-state index in [9.17, 15) is 31.9 Å². The number of halogens is 4. The molecule has 226 valence electrons. The van der Waals surface area contributed by atoms with Crippen LogP contribution in [0.5, 0.6) is 0 Å². The number of nitrogens with zero attached hydrogens (tertiary/aromatic N) is 1. The van der Waals surface area contributed by atoms with Crippen LogP contribution < -0.4 is 15.5 Å². The van der Waals surface area contributed by atoms with Crippen LogP contribution >= 0.6 is 11.8 Å². The van der Waals surface area contributed by atoms with Crippen LogP contribution in [0.15, 0.2) is 83.8 Å². The third kappa shape index (κ3) is 9.34. The standard InChI is InChI=1S/C31H29F4N3O4S/c32-27(29(40)41)18-36-28(39)23-11-9-20(10-12-23)19-38(25-15-13-22(14-16-25)21-5-2-1-3-6-21)30(42)37-24-7-4-8-26(17-24)43-31(33,34)35/h4-5,7-17,27H,1-3,6,18-19H2,(H,36,39)(H,37,42)(H,40,41). The molecule has 0 saturated carbocycles. The van der Waals surface area contributed by atoms with Crippen molar-refractivity contribution in [1.82, 2.24) is 5.32 Å². The zero-order valence-corrected chi connectivity index (χ0v) is 23.7. The van der Waals surface area contributed by atoms with Crippen molar-refractivity contribution in [2.75, 3.05) is 16.8 Å². The molecule has 4 rings (SSSR count). The lowest BCUT2D eigenvalue weighted by Gasteiger charge is -2.24. The second kappa shape index (κ2) is 14.2. The van der Waals surface area contributed by atoms with E-state index in [1.54, 1.807) is 24.3 Å². The summed E-state index contributed by atoms with van der Waals surface area (Å²) in [4.78, 5) is 37.8. The zero-order valence-electron chi connectivity index (χ0n) is 22.9. The van der Waals surface area contributed by atoms with Gasteiger partial charge in [0.25, 0.3) is 5.91 Å². The number of nitrogens with one attached hydrogen (secondary N) is 2. The first-order valence-corrected chi connectivity index (χ1v) is 14.3. The van der Waals surface area contributed by atoms with Crippen LogP contribution in [0, 0.1) is 0 Å². The van der Waals surface area contributed by atoms with E-state index in [-0.39, 0.29) is 34.5 Å². The van der Waals surface area contributed by atoms with E-state index in [0.717, 1.165) is 31.2 Å². The summed E-state index contributed by atoms with van der Waals surface area (Å²) >= 11 is -0.278. The topological polar surface area (TPSA) is 98.7 Å². The maximum absolute atomic E-state index is 13.5. The van der Waals surface area contributed by atoms with Crippen molar-refractivity contribution in [3.63, 3.8) is 0 Å². The predicted molar refractivity (Wildman–Crippen MR) is 158 cm³/mol. The van der Waals surface area contributed by atoms with Crippen molar-refractivity contribution < 1.29 is 37.1 Å². The molecule has 0 radical (unpaired) electrons. The molecule has 0 heterocycles. The van der Waals surface area contributed by atoms with Crippen molar-refractivity contribution in [1.29, 1.82) is 0 Å². The number of aliphatic carboxylic acids is 1. The third-order valence-corrected chi connectivity index (χ3v) is 7.39. The van der Waals surface area contributed by atoms with Crippen LogP contribution in [-0.4, -0.2) is 41.2 Å². The molecule has 0 spiro atoms. The minimum Gasteiger partial charge on any atom is -0.479 e. The first kappa shape index (κ1) is 31.6. The number of amides is 3. The van der Waals surface area contributed by atoms with E-state index in [1.165, 1.54) is 46.9 Å². The summed E-state index contributed by atoms with van der Waals surface area (Å²) in [5, 5.41) is 13.5. The van der Waals surface area contributed by atoms with Crippen LogP contribution in [0.25, 0.3) is 5.57 Å². The molecular formula is C31H29F4N3O4S. The Balaban J connectivity index is 1.54. The van der Waals surface area contributed by atoms with Gasteiger partial charge in [0.05, 0.1) is 13.1 Å². The van der Waals surface area contributed by atoms with E-state index >= 15 is 0 Å². The van der Waals surface area contributed by atoms with Gasteiger partial charge in [0, 0.05) is 21.8 Å². The number of anilines is 2. The minimum atomic E-state index is -4.48. The average molecular weight is 616 g/mol. The molecule has 3 amide bonds. The Morgan fingerprint density at radius 2 is 1.70 bits per heavy atom. The highest BCUT2D eigenvalue weighted by molar-refractivity contribution is 8.00. The molecule has 1 unspecified atom stereocenters. The molecule has 3 N–H and O–H groups in total. The maximum Gasteiger partial charge on any atom is 0.446 e. The number of alkyl halides is 4. The predicted octanol–water partition coefficient (Wildman–Crippen LogP) is 7.65. The summed E-state index contributed by atoms with van der Waals surface area (Å²) in [6.07, 6.45) is 4.22. The summed E-state index contributed by atoms with van der Waals surface area (Å²) < 4.78 is 52.0. The Hall–Kier alpha value is -4.32. The first-order chi connectivity index (χ1) is 20.5. The number of hydrogen-bond donors (Lipinski definition) is 3. The fourth-order valence-corrected chi connectivity index (χ4v) is 5.11. The van der Waals surface area contributed by atoms with E-state index < -0.39 is 36.1 Å². The van der Waals surface area contributed by atoms with Gasteiger partial charge < -0.3 is 15.7 Å². The number of carbonyl (C=O) groups is 3. The number of rotatable bonds is 10. The van der Waals surface area contributed by atoms with E-state index in [0.29, 0.717) is 11.3 Å². The number of urea groups is 1. The van der Waals surface area contributed by atoms with Crippen molar-refractivity contribution in [3.05, 3.63) is 95.6 Å². The molecule has 3 aromatic rings. The Labute approximate surface area is 250 Å². The number of allylic oxidation sites excluding steroid dienone is 2. The molecule has 0 bridgehead atoms. The highest BCUT2D eigenvalue weighted by Gasteiger charge is 2.29. The number of benzene rings is 3. The normalized spacial score (nSPS) is 13.9. The average Bonchev–Trinajstić information content (AvgIpc) is 2.98. The Morgan fingerprint density at radius 3 is 2.33 bits per heavy atom. The highest BCUT2D eigenvalue weighted by Crippen LogP contribution is 2.37. The number of carbonyl (C=O) groups excluding carboxylic acids is 2. The smallest absolute Gasteiger partial charge is 0.446 e. The molecule has 0 aliphatic heterocycles. The van der Waals surface area contributed by atoms with Crippen molar-refractivity contribution in [2.45, 2.75) is 48.8 Å². The van der Waals surface area contributed by atoms with Crippen LogP contribution in [0.3, 0.4) is 0 Å². The van der Waals surface area contributed by atoms with Gasteiger partial charge in [0.15, 0.2) is 0 Å². The zero-order chi connectivity index (χ0) is 31.0. The Bertz CT molecular complexity index is 1480. The number of carboxylic acids is 1. The van der Waals surface area contributed by atoms with Gasteiger partial charge in [0.1, 0.15) is 0 Å². The Kier molecular flexibility index (Phi) is 10.5. The van der Waals surface area contributed by atoms with E-state index in [2.05, 4.69) is 16.7 Å². The molecule has 0 fully saturated rings. The molecule has 1 atom stereocenters. The molecule has 43 heavy (non-hydrogen) atoms. The summed E-state index contributed by atoms with van der Waals surface area (Å²) in [5.74, 6) is -2.34. The van der Waals surface area contributed by atoms with Gasteiger partial charge in [-0.15, -0.1) is 0 Å². The van der Waals surface area contributed by atoms with Gasteiger partial charge in [-0.2, -0.15) is 13.2 Å². The monoisotopic (exact) mass is 615 g/mol. The van der Waals surface area contributed by atoms with Gasteiger partial charge in [0.2, 0.25) is 6.17 Å². The molecule has 1 aliphatic carbocycles. The Morgan fingerprint density at radius 1 is 0.977 bits per heavy atom. The second-order valence-electron chi connectivity index (χ2n) is 9.83. The number of hydrogen-bond acceptors (Lipinski definition) is 4. The van der Waals surface area contributed by atoms with E-state index in [4.69, 9.17) is 5.11 Å². The number of carboxylic acid groups (broad SMARTS) is 1. The molecule has 7 nitrogen and oxygen atoms in total. The SMILES string of the molecule is O=C(NCC(F)C(=O)O)c1ccc(CN(C(=O)Nc2cccc(SC(F)(F)F)c2)c2ccc(C3=CCCCC3)cc2)cc1. The summed E-state index contributed by atoms with van der Waals surface area (Å²) in [5.41, 5.74) is -0.659. The molecular weight excluding hydrogens is 586 g/mol. The quantitative estimate of drug-likeness (QED) is 0.161.